The van der Waals surface area contributed by atoms with Gasteiger partial charge in [0, 0.05) is 43.0 Å². The van der Waals surface area contributed by atoms with Gasteiger partial charge in [0.25, 0.3) is 0 Å². The van der Waals surface area contributed by atoms with E-state index in [1.807, 2.05) is 0 Å². The second-order valence-electron chi connectivity index (χ2n) is 7.76. The molecule has 3 fully saturated rings. The van der Waals surface area contributed by atoms with Crippen LogP contribution in [-0.4, -0.2) is 48.1 Å². The lowest BCUT2D eigenvalue weighted by molar-refractivity contribution is -0.0417. The first-order valence-electron chi connectivity index (χ1n) is 9.15. The molecule has 0 aromatic carbocycles. The molecular weight excluding hydrogens is 292 g/mol. The second kappa shape index (κ2) is 6.54. The molecule has 2 aliphatic heterocycles. The van der Waals surface area contributed by atoms with Gasteiger partial charge in [-0.15, -0.1) is 0 Å². The van der Waals surface area contributed by atoms with Crippen molar-refractivity contribution in [3.05, 3.63) is 17.5 Å². The van der Waals surface area contributed by atoms with Gasteiger partial charge in [-0.2, -0.15) is 0 Å². The van der Waals surface area contributed by atoms with E-state index in [0.717, 1.165) is 50.7 Å². The summed E-state index contributed by atoms with van der Waals surface area (Å²) in [7, 11) is 0. The average Bonchev–Trinajstić information content (AvgIpc) is 3.20. The number of ether oxygens (including phenoxy) is 1. The molecule has 4 rings (SSSR count). The molecule has 1 aromatic heterocycles. The molecule has 1 aliphatic carbocycles. The van der Waals surface area contributed by atoms with Crippen LogP contribution in [0.3, 0.4) is 0 Å². The van der Waals surface area contributed by atoms with Crippen LogP contribution in [0.15, 0.2) is 10.6 Å². The summed E-state index contributed by atoms with van der Waals surface area (Å²) in [6.45, 7) is 4.55. The lowest BCUT2D eigenvalue weighted by Crippen LogP contribution is -2.41. The summed E-state index contributed by atoms with van der Waals surface area (Å²) in [6.07, 6.45) is 7.47. The first-order chi connectivity index (χ1) is 11.3. The van der Waals surface area contributed by atoms with Crippen LogP contribution < -0.4 is 0 Å². The molecule has 3 heterocycles. The van der Waals surface area contributed by atoms with Crippen molar-refractivity contribution in [3.63, 3.8) is 0 Å². The van der Waals surface area contributed by atoms with E-state index < -0.39 is 0 Å². The maximum atomic E-state index is 9.89. The Labute approximate surface area is 138 Å². The van der Waals surface area contributed by atoms with Gasteiger partial charge in [-0.25, -0.2) is 0 Å². The smallest absolute Gasteiger partial charge is 0.150 e. The molecule has 23 heavy (non-hydrogen) atoms. The van der Waals surface area contributed by atoms with Crippen molar-refractivity contribution in [2.24, 2.45) is 11.3 Å². The number of hydrogen-bond acceptors (Lipinski definition) is 5. The van der Waals surface area contributed by atoms with Gasteiger partial charge in [0.1, 0.15) is 0 Å². The summed E-state index contributed by atoms with van der Waals surface area (Å²) in [6, 6.07) is 2.17. The minimum Gasteiger partial charge on any atom is -0.396 e. The number of likely N-dealkylation sites (tertiary alicyclic amines) is 1. The lowest BCUT2D eigenvalue weighted by atomic mass is 9.75. The largest absolute Gasteiger partial charge is 0.396 e. The summed E-state index contributed by atoms with van der Waals surface area (Å²) in [5.41, 5.74) is 1.18. The molecule has 0 unspecified atom stereocenters. The van der Waals surface area contributed by atoms with Gasteiger partial charge in [-0.1, -0.05) is 24.4 Å². The van der Waals surface area contributed by atoms with E-state index in [9.17, 15) is 5.11 Å². The van der Waals surface area contributed by atoms with E-state index in [0.29, 0.717) is 11.8 Å². The van der Waals surface area contributed by atoms with Crippen molar-refractivity contribution >= 4 is 0 Å². The van der Waals surface area contributed by atoms with Gasteiger partial charge in [-0.05, 0) is 19.3 Å². The van der Waals surface area contributed by atoms with Crippen molar-refractivity contribution in [2.45, 2.75) is 51.0 Å². The standard InChI is InChI=1S/C18H28N2O3/c21-13-18-6-7-22-11-15(18)9-20(12-18)10-16-8-17(19-23-16)14-4-2-1-3-5-14/h8,14-15,21H,1-7,9-13H2/t15-,18-/m1/s1. The Morgan fingerprint density at radius 3 is 2.96 bits per heavy atom. The number of nitrogens with zero attached hydrogens (tertiary/aromatic N) is 2. The molecule has 0 amide bonds. The zero-order chi connectivity index (χ0) is 15.7. The summed E-state index contributed by atoms with van der Waals surface area (Å²) in [4.78, 5) is 2.40. The molecule has 1 N–H and O–H groups in total. The topological polar surface area (TPSA) is 58.7 Å². The van der Waals surface area contributed by atoms with Crippen molar-refractivity contribution < 1.29 is 14.4 Å². The van der Waals surface area contributed by atoms with Gasteiger partial charge in [0.05, 0.1) is 25.5 Å². The zero-order valence-electron chi connectivity index (χ0n) is 13.9. The minimum absolute atomic E-state index is 0.0322. The first kappa shape index (κ1) is 15.6. The number of aliphatic hydroxyl groups is 1. The molecule has 0 radical (unpaired) electrons. The van der Waals surface area contributed by atoms with Gasteiger partial charge in [-0.3, -0.25) is 4.90 Å². The molecule has 0 bridgehead atoms. The molecule has 2 atom stereocenters. The van der Waals surface area contributed by atoms with Crippen LogP contribution in [0.25, 0.3) is 0 Å². The molecule has 2 saturated heterocycles. The Kier molecular flexibility index (Phi) is 4.43. The fourth-order valence-corrected chi connectivity index (χ4v) is 4.75. The highest BCUT2D eigenvalue weighted by Crippen LogP contribution is 2.42. The SMILES string of the molecule is OC[C@]12CCOC[C@H]1CN(Cc1cc(C3CCCCC3)no1)C2. The van der Waals surface area contributed by atoms with Crippen molar-refractivity contribution in [3.8, 4) is 0 Å². The van der Waals surface area contributed by atoms with Crippen LogP contribution >= 0.6 is 0 Å². The van der Waals surface area contributed by atoms with Crippen molar-refractivity contribution in [1.82, 2.24) is 10.1 Å². The van der Waals surface area contributed by atoms with Gasteiger partial charge in [0.2, 0.25) is 0 Å². The van der Waals surface area contributed by atoms with E-state index in [1.165, 1.54) is 32.1 Å². The summed E-state index contributed by atoms with van der Waals surface area (Å²) in [5, 5.41) is 14.2. The summed E-state index contributed by atoms with van der Waals surface area (Å²) >= 11 is 0. The third-order valence-corrected chi connectivity index (χ3v) is 6.24. The number of aromatic nitrogens is 1. The predicted molar refractivity (Wildman–Crippen MR) is 86.1 cm³/mol. The van der Waals surface area contributed by atoms with Crippen LogP contribution in [0.5, 0.6) is 0 Å². The molecule has 1 aromatic rings. The third-order valence-electron chi connectivity index (χ3n) is 6.24. The Balaban J connectivity index is 1.40. The Morgan fingerprint density at radius 2 is 2.17 bits per heavy atom. The highest BCUT2D eigenvalue weighted by atomic mass is 16.5. The van der Waals surface area contributed by atoms with Crippen LogP contribution in [0, 0.1) is 11.3 Å². The highest BCUT2D eigenvalue weighted by Gasteiger charge is 2.47. The van der Waals surface area contributed by atoms with Crippen molar-refractivity contribution in [1.29, 1.82) is 0 Å². The first-order valence-corrected chi connectivity index (χ1v) is 9.15. The zero-order valence-corrected chi connectivity index (χ0v) is 13.9. The normalized spacial score (nSPS) is 33.0. The predicted octanol–water partition coefficient (Wildman–Crippen LogP) is 2.55. The summed E-state index contributed by atoms with van der Waals surface area (Å²) < 4.78 is 11.2. The third kappa shape index (κ3) is 3.06. The number of rotatable bonds is 4. The second-order valence-corrected chi connectivity index (χ2v) is 7.76. The maximum Gasteiger partial charge on any atom is 0.150 e. The van der Waals surface area contributed by atoms with Crippen LogP contribution in [0.4, 0.5) is 0 Å². The number of aliphatic hydroxyl groups excluding tert-OH is 1. The van der Waals surface area contributed by atoms with E-state index in [-0.39, 0.29) is 12.0 Å². The molecule has 5 nitrogen and oxygen atoms in total. The Hall–Kier alpha value is -0.910. The quantitative estimate of drug-likeness (QED) is 0.924. The van der Waals surface area contributed by atoms with Gasteiger partial charge in [0.15, 0.2) is 5.76 Å². The highest BCUT2D eigenvalue weighted by molar-refractivity contribution is 5.12. The molecule has 3 aliphatic rings. The van der Waals surface area contributed by atoms with E-state index in [1.54, 1.807) is 0 Å². The van der Waals surface area contributed by atoms with Gasteiger partial charge >= 0.3 is 0 Å². The lowest BCUT2D eigenvalue weighted by Gasteiger charge is -2.36. The number of fused-ring (bicyclic) bond motifs is 1. The summed E-state index contributed by atoms with van der Waals surface area (Å²) in [5.74, 6) is 2.01. The monoisotopic (exact) mass is 320 g/mol. The fraction of sp³-hybridized carbons (Fsp3) is 0.833. The van der Waals surface area contributed by atoms with Crippen molar-refractivity contribution in [2.75, 3.05) is 32.9 Å². The molecule has 1 saturated carbocycles. The molecule has 5 heteroatoms. The fourth-order valence-electron chi connectivity index (χ4n) is 4.75. The number of hydrogen-bond donors (Lipinski definition) is 1. The Morgan fingerprint density at radius 1 is 1.30 bits per heavy atom. The molecule has 128 valence electrons. The van der Waals surface area contributed by atoms with E-state index in [4.69, 9.17) is 9.26 Å². The molecular formula is C18H28N2O3. The Bertz CT molecular complexity index is 526. The van der Waals surface area contributed by atoms with Crippen LogP contribution in [0.1, 0.15) is 55.9 Å². The maximum absolute atomic E-state index is 9.89. The average molecular weight is 320 g/mol. The van der Waals surface area contributed by atoms with Crippen LogP contribution in [0.2, 0.25) is 0 Å². The van der Waals surface area contributed by atoms with E-state index in [2.05, 4.69) is 16.1 Å². The minimum atomic E-state index is 0.0322. The van der Waals surface area contributed by atoms with Crippen LogP contribution in [-0.2, 0) is 11.3 Å². The molecule has 0 spiro atoms. The van der Waals surface area contributed by atoms with Gasteiger partial charge < -0.3 is 14.4 Å². The van der Waals surface area contributed by atoms with E-state index >= 15 is 0 Å².